The molecule has 1 rings (SSSR count). The Morgan fingerprint density at radius 3 is 2.93 bits per heavy atom. The average Bonchev–Trinajstić information content (AvgIpc) is 2.18. The summed E-state index contributed by atoms with van der Waals surface area (Å²) in [6.07, 6.45) is 0. The molecule has 0 unspecified atom stereocenters. The molecule has 1 aromatic carbocycles. The summed E-state index contributed by atoms with van der Waals surface area (Å²) in [5.41, 5.74) is 0.311. The fourth-order valence-electron chi connectivity index (χ4n) is 0.995. The van der Waals surface area contributed by atoms with Crippen LogP contribution in [0.5, 0.6) is 0 Å². The monoisotopic (exact) mass is 224 g/mol. The zero-order valence-corrected chi connectivity index (χ0v) is 8.84. The van der Waals surface area contributed by atoms with Crippen molar-refractivity contribution >= 4 is 17.3 Å². The van der Waals surface area contributed by atoms with Gasteiger partial charge in [-0.2, -0.15) is 0 Å². The van der Waals surface area contributed by atoms with Crippen LogP contribution in [0.15, 0.2) is 18.2 Å². The molecule has 0 amide bonds. The van der Waals surface area contributed by atoms with Gasteiger partial charge in [-0.15, -0.1) is 0 Å². The Kier molecular flexibility index (Phi) is 4.10. The van der Waals surface area contributed by atoms with E-state index in [1.165, 1.54) is 18.2 Å². The Bertz CT molecular complexity index is 435. The lowest BCUT2D eigenvalue weighted by atomic mass is 10.2. The van der Waals surface area contributed by atoms with E-state index < -0.39 is 4.92 Å². The van der Waals surface area contributed by atoms with E-state index >= 15 is 0 Å². The van der Waals surface area contributed by atoms with Crippen LogP contribution in [-0.2, 0) is 0 Å². The van der Waals surface area contributed by atoms with Gasteiger partial charge in [0.1, 0.15) is 5.56 Å². The average molecular weight is 225 g/mol. The lowest BCUT2D eigenvalue weighted by Crippen LogP contribution is -2.04. The van der Waals surface area contributed by atoms with Gasteiger partial charge in [-0.3, -0.25) is 10.1 Å². The highest BCUT2D eigenvalue weighted by Crippen LogP contribution is 2.21. The summed E-state index contributed by atoms with van der Waals surface area (Å²) in [7, 11) is 1.75. The van der Waals surface area contributed by atoms with Crippen LogP contribution < -0.4 is 5.32 Å². The zero-order chi connectivity index (χ0) is 11.3. The number of hydrogen-bond acceptors (Lipinski definition) is 3. The Labute approximate surface area is 92.4 Å². The van der Waals surface area contributed by atoms with E-state index in [1.54, 1.807) is 7.05 Å². The highest BCUT2D eigenvalue weighted by molar-refractivity contribution is 6.30. The van der Waals surface area contributed by atoms with Crippen LogP contribution in [0, 0.1) is 22.0 Å². The summed E-state index contributed by atoms with van der Waals surface area (Å²) >= 11 is 5.73. The molecule has 1 aromatic rings. The van der Waals surface area contributed by atoms with Crippen LogP contribution in [0.3, 0.4) is 0 Å². The minimum Gasteiger partial charge on any atom is -0.309 e. The number of nitro benzene ring substituents is 1. The third-order valence-corrected chi connectivity index (χ3v) is 1.88. The topological polar surface area (TPSA) is 55.2 Å². The van der Waals surface area contributed by atoms with Crippen molar-refractivity contribution in [2.45, 2.75) is 0 Å². The summed E-state index contributed by atoms with van der Waals surface area (Å²) < 4.78 is 0. The van der Waals surface area contributed by atoms with Crippen molar-refractivity contribution in [2.24, 2.45) is 0 Å². The molecule has 0 radical (unpaired) electrons. The summed E-state index contributed by atoms with van der Waals surface area (Å²) in [5, 5.41) is 13.9. The van der Waals surface area contributed by atoms with Crippen LogP contribution in [0.2, 0.25) is 5.02 Å². The molecule has 1 N–H and O–H groups in total. The molecule has 4 nitrogen and oxygen atoms in total. The van der Waals surface area contributed by atoms with Gasteiger partial charge in [0.25, 0.3) is 5.69 Å². The summed E-state index contributed by atoms with van der Waals surface area (Å²) in [4.78, 5) is 10.2. The molecule has 15 heavy (non-hydrogen) atoms. The molecule has 78 valence electrons. The molecule has 0 aliphatic heterocycles. The normalized spacial score (nSPS) is 9.20. The number of rotatable bonds is 2. The Morgan fingerprint density at radius 1 is 1.60 bits per heavy atom. The standard InChI is InChI=1S/C10H9ClN2O2/c1-12-6-2-3-8-7-9(11)4-5-10(8)13(14)15/h4-5,7,12H,6H2,1H3. The first-order valence-electron chi connectivity index (χ1n) is 4.22. The quantitative estimate of drug-likeness (QED) is 0.474. The zero-order valence-electron chi connectivity index (χ0n) is 8.08. The second-order valence-corrected chi connectivity index (χ2v) is 3.19. The molecule has 0 spiro atoms. The molecule has 0 aromatic heterocycles. The van der Waals surface area contributed by atoms with Gasteiger partial charge in [-0.05, 0) is 19.2 Å². The van der Waals surface area contributed by atoms with Crippen LogP contribution >= 0.6 is 11.6 Å². The van der Waals surface area contributed by atoms with Crippen molar-refractivity contribution in [1.29, 1.82) is 0 Å². The molecule has 0 heterocycles. The Hall–Kier alpha value is -1.57. The maximum atomic E-state index is 10.6. The molecule has 0 aliphatic carbocycles. The third-order valence-electron chi connectivity index (χ3n) is 1.64. The summed E-state index contributed by atoms with van der Waals surface area (Å²) in [6, 6.07) is 4.32. The van der Waals surface area contributed by atoms with Gasteiger partial charge >= 0.3 is 0 Å². The maximum Gasteiger partial charge on any atom is 0.285 e. The molecule has 0 bridgehead atoms. The van der Waals surface area contributed by atoms with Crippen molar-refractivity contribution in [3.05, 3.63) is 38.9 Å². The number of benzene rings is 1. The van der Waals surface area contributed by atoms with Gasteiger partial charge in [-0.25, -0.2) is 0 Å². The van der Waals surface area contributed by atoms with E-state index in [0.717, 1.165) is 0 Å². The molecule has 0 saturated carbocycles. The lowest BCUT2D eigenvalue weighted by Gasteiger charge is -1.95. The van der Waals surface area contributed by atoms with Gasteiger partial charge < -0.3 is 5.32 Å². The summed E-state index contributed by atoms with van der Waals surface area (Å²) in [6.45, 7) is 0.476. The number of halogens is 1. The molecule has 0 saturated heterocycles. The number of nitrogens with zero attached hydrogens (tertiary/aromatic N) is 1. The van der Waals surface area contributed by atoms with E-state index in [9.17, 15) is 10.1 Å². The van der Waals surface area contributed by atoms with Gasteiger partial charge in [0, 0.05) is 11.1 Å². The smallest absolute Gasteiger partial charge is 0.285 e. The minimum atomic E-state index is -0.473. The highest BCUT2D eigenvalue weighted by atomic mass is 35.5. The summed E-state index contributed by atoms with van der Waals surface area (Å²) in [5.74, 6) is 5.45. The maximum absolute atomic E-state index is 10.6. The van der Waals surface area contributed by atoms with E-state index in [2.05, 4.69) is 17.2 Å². The van der Waals surface area contributed by atoms with Crippen molar-refractivity contribution < 1.29 is 4.92 Å². The predicted octanol–water partition coefficient (Wildman–Crippen LogP) is 1.82. The first-order valence-corrected chi connectivity index (χ1v) is 4.60. The molecular weight excluding hydrogens is 216 g/mol. The van der Waals surface area contributed by atoms with Crippen molar-refractivity contribution in [3.8, 4) is 11.8 Å². The molecule has 0 fully saturated rings. The predicted molar refractivity (Wildman–Crippen MR) is 58.9 cm³/mol. The van der Waals surface area contributed by atoms with E-state index in [0.29, 0.717) is 17.1 Å². The van der Waals surface area contributed by atoms with Crippen LogP contribution in [-0.4, -0.2) is 18.5 Å². The Balaban J connectivity index is 3.09. The van der Waals surface area contributed by atoms with E-state index in [1.807, 2.05) is 0 Å². The van der Waals surface area contributed by atoms with Crippen LogP contribution in [0.1, 0.15) is 5.56 Å². The van der Waals surface area contributed by atoms with Crippen molar-refractivity contribution in [3.63, 3.8) is 0 Å². The molecular formula is C10H9ClN2O2. The minimum absolute atomic E-state index is 0.0250. The van der Waals surface area contributed by atoms with Gasteiger partial charge in [0.15, 0.2) is 0 Å². The van der Waals surface area contributed by atoms with E-state index in [4.69, 9.17) is 11.6 Å². The fraction of sp³-hybridized carbons (Fsp3) is 0.200. The first kappa shape index (κ1) is 11.5. The number of nitrogens with one attached hydrogen (secondary N) is 1. The second-order valence-electron chi connectivity index (χ2n) is 2.75. The molecule has 0 aliphatic rings. The SMILES string of the molecule is CNCC#Cc1cc(Cl)ccc1[N+](=O)[O-]. The van der Waals surface area contributed by atoms with Crippen LogP contribution in [0.25, 0.3) is 0 Å². The van der Waals surface area contributed by atoms with Gasteiger partial charge in [0.05, 0.1) is 11.5 Å². The molecule has 5 heteroatoms. The van der Waals surface area contributed by atoms with Crippen LogP contribution in [0.4, 0.5) is 5.69 Å². The third kappa shape index (κ3) is 3.24. The van der Waals surface area contributed by atoms with Gasteiger partial charge in [0.2, 0.25) is 0 Å². The van der Waals surface area contributed by atoms with Gasteiger partial charge in [-0.1, -0.05) is 23.4 Å². The van der Waals surface area contributed by atoms with Crippen molar-refractivity contribution in [2.75, 3.05) is 13.6 Å². The first-order chi connectivity index (χ1) is 7.15. The second kappa shape index (κ2) is 5.35. The lowest BCUT2D eigenvalue weighted by molar-refractivity contribution is -0.385. The fourth-order valence-corrected chi connectivity index (χ4v) is 1.17. The highest BCUT2D eigenvalue weighted by Gasteiger charge is 2.11. The number of nitro groups is 1. The molecule has 0 atom stereocenters. The number of hydrogen-bond donors (Lipinski definition) is 1. The Morgan fingerprint density at radius 2 is 2.33 bits per heavy atom. The van der Waals surface area contributed by atoms with E-state index in [-0.39, 0.29) is 5.69 Å². The largest absolute Gasteiger partial charge is 0.309 e. The van der Waals surface area contributed by atoms with Crippen molar-refractivity contribution in [1.82, 2.24) is 5.32 Å².